The largest absolute Gasteiger partial charge is 0.508 e. The number of phenolic OH excluding ortho intramolecular Hbond substituents is 3. The zero-order valence-corrected chi connectivity index (χ0v) is 46.3. The van der Waals surface area contributed by atoms with Gasteiger partial charge in [0, 0.05) is 103 Å². The van der Waals surface area contributed by atoms with Gasteiger partial charge in [-0.25, -0.2) is 4.79 Å². The third-order valence-corrected chi connectivity index (χ3v) is 18.3. The van der Waals surface area contributed by atoms with Crippen LogP contribution in [0.4, 0.5) is 0 Å². The summed E-state index contributed by atoms with van der Waals surface area (Å²) >= 11 is 0. The first-order chi connectivity index (χ1) is 40.5. The van der Waals surface area contributed by atoms with Crippen molar-refractivity contribution in [3.63, 3.8) is 0 Å². The molecule has 2 amide bonds. The fourth-order valence-electron chi connectivity index (χ4n) is 14.0. The van der Waals surface area contributed by atoms with Gasteiger partial charge >= 0.3 is 5.97 Å². The second-order valence-corrected chi connectivity index (χ2v) is 23.5. The van der Waals surface area contributed by atoms with Gasteiger partial charge < -0.3 is 67.3 Å². The number of aromatic amines is 3. The molecule has 9 aromatic rings. The van der Waals surface area contributed by atoms with Crippen LogP contribution in [0, 0.1) is 23.7 Å². The highest BCUT2D eigenvalue weighted by atomic mass is 16.5. The van der Waals surface area contributed by atoms with Crippen LogP contribution < -0.4 is 32.3 Å². The van der Waals surface area contributed by atoms with Gasteiger partial charge in [-0.2, -0.15) is 0 Å². The lowest BCUT2D eigenvalue weighted by Gasteiger charge is -2.29. The van der Waals surface area contributed by atoms with Crippen molar-refractivity contribution in [2.75, 3.05) is 26.2 Å². The van der Waals surface area contributed by atoms with Crippen LogP contribution >= 0.6 is 0 Å². The number of para-hydroxylation sites is 3. The number of nitrogens with two attached hydrogens (primary N) is 1. The van der Waals surface area contributed by atoms with E-state index < -0.39 is 6.10 Å². The zero-order valence-electron chi connectivity index (χ0n) is 46.3. The lowest BCUT2D eigenvalue weighted by Crippen LogP contribution is -2.30. The number of hydrogen-bond acceptors (Lipinski definition) is 11. The summed E-state index contributed by atoms with van der Waals surface area (Å²) in [5, 5.41) is 51.0. The SMILES string of the molecule is NCC1CCC(CNCc2[nH]c3ccccc3c2C2NC(=O)c3ccc(O)cc32)CC1.O=C1NC(c2c(CNCC3CCC(CNCc4[nH]c5ccccc5c4C4OC(=O)c5ccc(O)cc54)CC3)[nH]c3ccccc23)c2cc(O)ccc21. The van der Waals surface area contributed by atoms with Crippen LogP contribution in [0.25, 0.3) is 32.7 Å². The minimum Gasteiger partial charge on any atom is -0.508 e. The van der Waals surface area contributed by atoms with E-state index in [1.54, 1.807) is 48.5 Å². The smallest absolute Gasteiger partial charge is 0.339 e. The fraction of sp³-hybridized carbons (Fsp3) is 0.328. The number of H-pyrrole nitrogens is 3. The number of hydrogen-bond donors (Lipinski definition) is 12. The molecule has 0 saturated heterocycles. The molecule has 3 unspecified atom stereocenters. The Balaban J connectivity index is 0.000000177. The Morgan fingerprint density at radius 1 is 0.446 bits per heavy atom. The predicted octanol–water partition coefficient (Wildman–Crippen LogP) is 10.4. The maximum absolute atomic E-state index is 12.8. The Labute approximate surface area is 481 Å². The maximum atomic E-state index is 12.8. The number of carbonyl (C=O) groups is 3. The predicted molar refractivity (Wildman–Crippen MR) is 320 cm³/mol. The molecular weight excluding hydrogens is 1040 g/mol. The number of carbonyl (C=O) groups excluding carboxylic acids is 3. The first-order valence-corrected chi connectivity index (χ1v) is 29.5. The van der Waals surface area contributed by atoms with Gasteiger partial charge in [0.2, 0.25) is 0 Å². The van der Waals surface area contributed by atoms with E-state index in [1.807, 2.05) is 48.5 Å². The number of rotatable bonds is 16. The number of amides is 2. The standard InChI is InChI=1S/C42H41N5O5.C25H30N4O2/c48-25-13-15-27-31(17-25)39(47-41(27)50)37-29-5-1-3-7-33(29)45-35(37)21-43-19-23-9-11-24(12-10-23)20-44-22-36-38(30-6-2-4-8-34(30)46-36)40-32-18-26(49)14-16-28(32)42(51)52-40;26-12-15-5-7-16(8-6-15)13-27-14-22-23(19-3-1-2-4-21(19)28-22)24-20-11-17(30)9-10-18(20)25(31)29-24/h1-8,13-18,23-24,39-40,43-46,48-49H,9-12,19-22H2,(H,47,50);1-4,9-11,15-16,24,27-28,30H,5-8,12-14,26H2,(H,29,31). The highest BCUT2D eigenvalue weighted by Gasteiger charge is 2.38. The van der Waals surface area contributed by atoms with Gasteiger partial charge in [0.05, 0.1) is 17.6 Å². The van der Waals surface area contributed by atoms with E-state index in [9.17, 15) is 29.7 Å². The van der Waals surface area contributed by atoms with E-state index in [1.165, 1.54) is 31.7 Å². The number of aromatic nitrogens is 3. The summed E-state index contributed by atoms with van der Waals surface area (Å²) in [4.78, 5) is 48.9. The molecule has 3 atom stereocenters. The van der Waals surface area contributed by atoms with E-state index in [0.717, 1.165) is 129 Å². The van der Waals surface area contributed by atoms with E-state index >= 15 is 0 Å². The number of fused-ring (bicyclic) bond motifs is 6. The Morgan fingerprint density at radius 2 is 0.807 bits per heavy atom. The number of nitrogens with one attached hydrogen (secondary N) is 8. The monoisotopic (exact) mass is 1110 g/mol. The summed E-state index contributed by atoms with van der Waals surface area (Å²) in [6, 6.07) is 38.5. The molecule has 426 valence electrons. The van der Waals surface area contributed by atoms with Crippen molar-refractivity contribution in [1.82, 2.24) is 41.5 Å². The second-order valence-electron chi connectivity index (χ2n) is 23.5. The van der Waals surface area contributed by atoms with Crippen molar-refractivity contribution in [3.05, 3.63) is 195 Å². The van der Waals surface area contributed by atoms with Gasteiger partial charge in [-0.1, -0.05) is 54.6 Å². The van der Waals surface area contributed by atoms with Gasteiger partial charge in [-0.3, -0.25) is 9.59 Å². The third-order valence-electron chi connectivity index (χ3n) is 18.3. The lowest BCUT2D eigenvalue weighted by molar-refractivity contribution is 0.0456. The third kappa shape index (κ3) is 10.7. The highest BCUT2D eigenvalue weighted by Crippen LogP contribution is 2.44. The summed E-state index contributed by atoms with van der Waals surface area (Å²) in [5.41, 5.74) is 19.1. The minimum atomic E-state index is -0.577. The molecule has 16 heteroatoms. The molecule has 6 aromatic carbocycles. The lowest BCUT2D eigenvalue weighted by atomic mass is 9.82. The summed E-state index contributed by atoms with van der Waals surface area (Å²) in [6.45, 7) is 5.59. The number of esters is 1. The van der Waals surface area contributed by atoms with Crippen LogP contribution in [0.3, 0.4) is 0 Å². The molecule has 2 fully saturated rings. The van der Waals surface area contributed by atoms with E-state index in [4.69, 9.17) is 10.5 Å². The first kappa shape index (κ1) is 53.9. The Hall–Kier alpha value is -8.41. The molecule has 0 radical (unpaired) electrons. The molecule has 6 heterocycles. The molecule has 14 rings (SSSR count). The molecular formula is C67H71N9O7. The zero-order chi connectivity index (χ0) is 56.7. The normalized spacial score (nSPS) is 21.8. The first-order valence-electron chi connectivity index (χ1n) is 29.5. The van der Waals surface area contributed by atoms with Crippen molar-refractivity contribution in [2.45, 2.75) is 89.2 Å². The molecule has 83 heavy (non-hydrogen) atoms. The van der Waals surface area contributed by atoms with Crippen LogP contribution in [0.5, 0.6) is 17.2 Å². The van der Waals surface area contributed by atoms with Crippen molar-refractivity contribution in [3.8, 4) is 17.2 Å². The average molecular weight is 1110 g/mol. The minimum absolute atomic E-state index is 0.0964. The van der Waals surface area contributed by atoms with E-state index in [0.29, 0.717) is 65.6 Å². The average Bonchev–Trinajstić information content (AvgIpc) is 4.45. The van der Waals surface area contributed by atoms with Crippen molar-refractivity contribution < 1.29 is 34.4 Å². The van der Waals surface area contributed by atoms with Gasteiger partial charge in [0.1, 0.15) is 17.2 Å². The quantitative estimate of drug-likeness (QED) is 0.0405. The number of phenols is 3. The van der Waals surface area contributed by atoms with Crippen LogP contribution in [-0.2, 0) is 24.4 Å². The molecule has 5 aliphatic rings. The fourth-order valence-corrected chi connectivity index (χ4v) is 14.0. The number of benzene rings is 6. The molecule has 13 N–H and O–H groups in total. The number of cyclic esters (lactones) is 1. The molecule has 16 nitrogen and oxygen atoms in total. The number of aromatic hydroxyl groups is 3. The maximum Gasteiger partial charge on any atom is 0.339 e. The molecule has 0 spiro atoms. The second kappa shape index (κ2) is 23.1. The van der Waals surface area contributed by atoms with Crippen molar-refractivity contribution in [1.29, 1.82) is 0 Å². The van der Waals surface area contributed by atoms with Crippen molar-refractivity contribution >= 4 is 50.5 Å². The van der Waals surface area contributed by atoms with Crippen LogP contribution in [0.15, 0.2) is 127 Å². The highest BCUT2D eigenvalue weighted by molar-refractivity contribution is 6.02. The van der Waals surface area contributed by atoms with Crippen LogP contribution in [-0.4, -0.2) is 74.2 Å². The molecule has 3 aliphatic heterocycles. The van der Waals surface area contributed by atoms with Gasteiger partial charge in [-0.15, -0.1) is 0 Å². The summed E-state index contributed by atoms with van der Waals surface area (Å²) in [7, 11) is 0. The Morgan fingerprint density at radius 3 is 1.23 bits per heavy atom. The van der Waals surface area contributed by atoms with Gasteiger partial charge in [0.15, 0.2) is 6.10 Å². The Bertz CT molecular complexity index is 3740. The van der Waals surface area contributed by atoms with E-state index in [2.05, 4.69) is 65.8 Å². The van der Waals surface area contributed by atoms with Gasteiger partial charge in [-0.05, 0) is 185 Å². The Kier molecular flexibility index (Phi) is 15.0. The topological polar surface area (TPSA) is 255 Å². The van der Waals surface area contributed by atoms with E-state index in [-0.39, 0.29) is 47.1 Å². The summed E-state index contributed by atoms with van der Waals surface area (Å²) in [6.07, 6.45) is 8.96. The van der Waals surface area contributed by atoms with Crippen molar-refractivity contribution in [2.24, 2.45) is 29.4 Å². The summed E-state index contributed by atoms with van der Waals surface area (Å²) < 4.78 is 5.89. The molecule has 2 saturated carbocycles. The summed E-state index contributed by atoms with van der Waals surface area (Å²) in [5.74, 6) is 2.40. The number of ether oxygens (including phenoxy) is 1. The molecule has 3 aromatic heterocycles. The van der Waals surface area contributed by atoms with Crippen LogP contribution in [0.1, 0.15) is 151 Å². The van der Waals surface area contributed by atoms with Crippen LogP contribution in [0.2, 0.25) is 0 Å². The van der Waals surface area contributed by atoms with Gasteiger partial charge in [0.25, 0.3) is 11.8 Å². The molecule has 2 aliphatic carbocycles. The molecule has 0 bridgehead atoms.